The molecule has 4 rings (SSSR count). The van der Waals surface area contributed by atoms with Crippen LogP contribution in [0.2, 0.25) is 0 Å². The van der Waals surface area contributed by atoms with Gasteiger partial charge in [0.25, 0.3) is 0 Å². The van der Waals surface area contributed by atoms with Crippen molar-refractivity contribution in [2.24, 2.45) is 11.7 Å². The maximum Gasteiger partial charge on any atom is 0.234 e. The quantitative estimate of drug-likeness (QED) is 0.843. The first-order valence-electron chi connectivity index (χ1n) is 9.58. The summed E-state index contributed by atoms with van der Waals surface area (Å²) in [5.41, 5.74) is 8.83. The standard InChI is InChI=1S/C22H27N3O/c23-20-14-25(13-19(20)16-7-3-1-4-8-16)15-21(26)24-22(18-11-12-18)17-9-5-2-6-10-17/h1-10,18-20,22H,11-15,23H2,(H,24,26)/t19-,20+,22?/m0/s1. The Labute approximate surface area is 155 Å². The molecule has 2 fully saturated rings. The highest BCUT2D eigenvalue weighted by Gasteiger charge is 2.35. The number of carbonyl (C=O) groups excluding carboxylic acids is 1. The van der Waals surface area contributed by atoms with Gasteiger partial charge in [-0.2, -0.15) is 0 Å². The normalized spacial score (nSPS) is 24.3. The summed E-state index contributed by atoms with van der Waals surface area (Å²) in [6.07, 6.45) is 2.40. The fourth-order valence-electron chi connectivity index (χ4n) is 4.08. The van der Waals surface area contributed by atoms with Crippen LogP contribution in [-0.2, 0) is 4.79 Å². The van der Waals surface area contributed by atoms with Crippen molar-refractivity contribution in [3.8, 4) is 0 Å². The average Bonchev–Trinajstić information content (AvgIpc) is 3.44. The van der Waals surface area contributed by atoms with Crippen LogP contribution in [0, 0.1) is 5.92 Å². The lowest BCUT2D eigenvalue weighted by Gasteiger charge is -2.21. The highest BCUT2D eigenvalue weighted by Crippen LogP contribution is 2.40. The molecule has 1 heterocycles. The molecule has 0 bridgehead atoms. The molecule has 3 N–H and O–H groups in total. The van der Waals surface area contributed by atoms with Crippen molar-refractivity contribution < 1.29 is 4.79 Å². The van der Waals surface area contributed by atoms with E-state index >= 15 is 0 Å². The summed E-state index contributed by atoms with van der Waals surface area (Å²) in [4.78, 5) is 14.9. The van der Waals surface area contributed by atoms with Gasteiger partial charge in [-0.25, -0.2) is 0 Å². The van der Waals surface area contributed by atoms with Crippen LogP contribution in [0.4, 0.5) is 0 Å². The third-order valence-corrected chi connectivity index (χ3v) is 5.60. The Balaban J connectivity index is 1.36. The van der Waals surface area contributed by atoms with Crippen molar-refractivity contribution in [1.82, 2.24) is 10.2 Å². The van der Waals surface area contributed by atoms with Gasteiger partial charge in [-0.3, -0.25) is 9.69 Å². The number of rotatable bonds is 6. The van der Waals surface area contributed by atoms with Gasteiger partial charge in [0.15, 0.2) is 0 Å². The Hall–Kier alpha value is -2.17. The first-order chi connectivity index (χ1) is 12.7. The molecule has 1 saturated carbocycles. The van der Waals surface area contributed by atoms with Crippen LogP contribution in [0.25, 0.3) is 0 Å². The number of nitrogens with zero attached hydrogens (tertiary/aromatic N) is 1. The van der Waals surface area contributed by atoms with Crippen molar-refractivity contribution in [3.05, 3.63) is 71.8 Å². The largest absolute Gasteiger partial charge is 0.348 e. The van der Waals surface area contributed by atoms with E-state index in [0.717, 1.165) is 13.1 Å². The lowest BCUT2D eigenvalue weighted by atomic mass is 9.95. The van der Waals surface area contributed by atoms with Gasteiger partial charge < -0.3 is 11.1 Å². The topological polar surface area (TPSA) is 58.4 Å². The molecule has 0 aromatic heterocycles. The fraction of sp³-hybridized carbons (Fsp3) is 0.409. The Morgan fingerprint density at radius 2 is 1.69 bits per heavy atom. The van der Waals surface area contributed by atoms with E-state index in [0.29, 0.717) is 18.4 Å². The number of nitrogens with two attached hydrogens (primary N) is 1. The summed E-state index contributed by atoms with van der Waals surface area (Å²) in [7, 11) is 0. The van der Waals surface area contributed by atoms with E-state index in [1.54, 1.807) is 0 Å². The molecule has 2 aromatic carbocycles. The van der Waals surface area contributed by atoms with E-state index in [1.165, 1.54) is 24.0 Å². The average molecular weight is 349 g/mol. The van der Waals surface area contributed by atoms with Crippen LogP contribution < -0.4 is 11.1 Å². The maximum atomic E-state index is 12.7. The third kappa shape index (κ3) is 3.97. The minimum Gasteiger partial charge on any atom is -0.348 e. The Morgan fingerprint density at radius 1 is 1.04 bits per heavy atom. The first kappa shape index (κ1) is 17.3. The van der Waals surface area contributed by atoms with E-state index in [9.17, 15) is 4.79 Å². The van der Waals surface area contributed by atoms with Crippen LogP contribution in [0.3, 0.4) is 0 Å². The van der Waals surface area contributed by atoms with E-state index in [-0.39, 0.29) is 18.0 Å². The Bertz CT molecular complexity index is 730. The fourth-order valence-corrected chi connectivity index (χ4v) is 4.08. The maximum absolute atomic E-state index is 12.7. The smallest absolute Gasteiger partial charge is 0.234 e. The van der Waals surface area contributed by atoms with Gasteiger partial charge in [-0.1, -0.05) is 60.7 Å². The molecule has 4 nitrogen and oxygen atoms in total. The second-order valence-electron chi connectivity index (χ2n) is 7.67. The molecule has 136 valence electrons. The van der Waals surface area contributed by atoms with E-state index in [4.69, 9.17) is 5.73 Å². The van der Waals surface area contributed by atoms with Crippen LogP contribution in [0.15, 0.2) is 60.7 Å². The van der Waals surface area contributed by atoms with E-state index < -0.39 is 0 Å². The lowest BCUT2D eigenvalue weighted by molar-refractivity contribution is -0.122. The molecule has 1 aliphatic carbocycles. The van der Waals surface area contributed by atoms with Gasteiger partial charge >= 0.3 is 0 Å². The molecular formula is C22H27N3O. The van der Waals surface area contributed by atoms with Crippen molar-refractivity contribution in [3.63, 3.8) is 0 Å². The number of nitrogens with one attached hydrogen (secondary N) is 1. The van der Waals surface area contributed by atoms with Crippen molar-refractivity contribution >= 4 is 5.91 Å². The number of hydrogen-bond donors (Lipinski definition) is 2. The van der Waals surface area contributed by atoms with Gasteiger partial charge in [-0.05, 0) is 29.9 Å². The molecule has 0 spiro atoms. The van der Waals surface area contributed by atoms with E-state index in [2.05, 4.69) is 46.6 Å². The monoisotopic (exact) mass is 349 g/mol. The summed E-state index contributed by atoms with van der Waals surface area (Å²) in [5.74, 6) is 0.989. The summed E-state index contributed by atoms with van der Waals surface area (Å²) in [6, 6.07) is 20.9. The molecule has 4 heteroatoms. The summed E-state index contributed by atoms with van der Waals surface area (Å²) in [6.45, 7) is 2.04. The molecule has 2 aliphatic rings. The summed E-state index contributed by atoms with van der Waals surface area (Å²) in [5, 5.41) is 3.27. The molecule has 26 heavy (non-hydrogen) atoms. The van der Waals surface area contributed by atoms with Gasteiger partial charge in [-0.15, -0.1) is 0 Å². The SMILES string of the molecule is N[C@@H]1CN(CC(=O)NC(c2ccccc2)C2CC2)C[C@H]1c1ccccc1. The van der Waals surface area contributed by atoms with Gasteiger partial charge in [0, 0.05) is 25.0 Å². The highest BCUT2D eigenvalue weighted by molar-refractivity contribution is 5.78. The summed E-state index contributed by atoms with van der Waals surface area (Å²) < 4.78 is 0. The van der Waals surface area contributed by atoms with Gasteiger partial charge in [0.2, 0.25) is 5.91 Å². The van der Waals surface area contributed by atoms with Crippen molar-refractivity contribution in [2.45, 2.75) is 30.8 Å². The lowest BCUT2D eigenvalue weighted by Crippen LogP contribution is -2.39. The molecule has 1 amide bonds. The molecule has 1 aliphatic heterocycles. The minimum atomic E-state index is 0.0820. The Morgan fingerprint density at radius 3 is 2.35 bits per heavy atom. The predicted octanol–water partition coefficient (Wildman–Crippen LogP) is 2.68. The molecule has 2 aromatic rings. The zero-order chi connectivity index (χ0) is 17.9. The van der Waals surface area contributed by atoms with Crippen molar-refractivity contribution in [1.29, 1.82) is 0 Å². The van der Waals surface area contributed by atoms with Crippen LogP contribution in [-0.4, -0.2) is 36.5 Å². The summed E-state index contributed by atoms with van der Waals surface area (Å²) >= 11 is 0. The number of hydrogen-bond acceptors (Lipinski definition) is 3. The van der Waals surface area contributed by atoms with Crippen LogP contribution in [0.1, 0.15) is 35.9 Å². The second kappa shape index (κ2) is 7.60. The molecular weight excluding hydrogens is 322 g/mol. The van der Waals surface area contributed by atoms with Crippen LogP contribution >= 0.6 is 0 Å². The van der Waals surface area contributed by atoms with Gasteiger partial charge in [0.05, 0.1) is 12.6 Å². The minimum absolute atomic E-state index is 0.0820. The number of amides is 1. The zero-order valence-electron chi connectivity index (χ0n) is 15.1. The molecule has 1 saturated heterocycles. The molecule has 1 unspecified atom stereocenters. The number of carbonyl (C=O) groups is 1. The Kier molecular flexibility index (Phi) is 5.05. The number of benzene rings is 2. The van der Waals surface area contributed by atoms with E-state index in [1.807, 2.05) is 24.3 Å². The zero-order valence-corrected chi connectivity index (χ0v) is 15.1. The third-order valence-electron chi connectivity index (χ3n) is 5.60. The van der Waals surface area contributed by atoms with Crippen molar-refractivity contribution in [2.75, 3.05) is 19.6 Å². The first-order valence-corrected chi connectivity index (χ1v) is 9.58. The number of likely N-dealkylation sites (tertiary alicyclic amines) is 1. The predicted molar refractivity (Wildman–Crippen MR) is 104 cm³/mol. The highest BCUT2D eigenvalue weighted by atomic mass is 16.2. The van der Waals surface area contributed by atoms with Crippen LogP contribution in [0.5, 0.6) is 0 Å². The molecule has 0 radical (unpaired) electrons. The molecule has 3 atom stereocenters. The van der Waals surface area contributed by atoms with Gasteiger partial charge in [0.1, 0.15) is 0 Å². The second-order valence-corrected chi connectivity index (χ2v) is 7.67.